The van der Waals surface area contributed by atoms with Gasteiger partial charge in [-0.3, -0.25) is 4.68 Å². The second-order valence-corrected chi connectivity index (χ2v) is 3.99. The zero-order valence-corrected chi connectivity index (χ0v) is 8.83. The van der Waals surface area contributed by atoms with E-state index in [1.807, 2.05) is 24.0 Å². The molecule has 1 saturated heterocycles. The molecule has 1 N–H and O–H groups in total. The molecule has 0 radical (unpaired) electrons. The van der Waals surface area contributed by atoms with Crippen molar-refractivity contribution < 1.29 is 0 Å². The van der Waals surface area contributed by atoms with Crippen molar-refractivity contribution in [2.45, 2.75) is 13.3 Å². The van der Waals surface area contributed by atoms with Crippen molar-refractivity contribution in [3.8, 4) is 0 Å². The molecule has 14 heavy (non-hydrogen) atoms. The molecular weight excluding hydrogens is 174 g/mol. The number of aryl methyl sites for hydroxylation is 1. The Morgan fingerprint density at radius 2 is 2.57 bits per heavy atom. The Bertz CT molecular complexity index is 332. The molecule has 1 aromatic rings. The summed E-state index contributed by atoms with van der Waals surface area (Å²) in [5.41, 5.74) is 2.51. The molecular formula is C11H17N3. The van der Waals surface area contributed by atoms with Gasteiger partial charge in [0.2, 0.25) is 0 Å². The molecule has 1 aliphatic rings. The van der Waals surface area contributed by atoms with Crippen LogP contribution in [0.4, 0.5) is 0 Å². The largest absolute Gasteiger partial charge is 0.316 e. The molecule has 0 saturated carbocycles. The van der Waals surface area contributed by atoms with Gasteiger partial charge in [-0.25, -0.2) is 0 Å². The van der Waals surface area contributed by atoms with Crippen LogP contribution in [-0.4, -0.2) is 22.9 Å². The second-order valence-electron chi connectivity index (χ2n) is 3.99. The first-order valence-electron chi connectivity index (χ1n) is 5.14. The fourth-order valence-corrected chi connectivity index (χ4v) is 1.90. The van der Waals surface area contributed by atoms with E-state index in [0.717, 1.165) is 18.8 Å². The van der Waals surface area contributed by atoms with E-state index in [1.165, 1.54) is 12.0 Å². The van der Waals surface area contributed by atoms with Crippen molar-refractivity contribution in [2.75, 3.05) is 13.1 Å². The summed E-state index contributed by atoms with van der Waals surface area (Å²) in [6.07, 6.45) is 5.43. The van der Waals surface area contributed by atoms with Gasteiger partial charge in [-0.2, -0.15) is 5.10 Å². The summed E-state index contributed by atoms with van der Waals surface area (Å²) in [6, 6.07) is 2.05. The summed E-state index contributed by atoms with van der Waals surface area (Å²) in [4.78, 5) is 0. The Labute approximate surface area is 84.8 Å². The molecule has 0 aliphatic carbocycles. The highest BCUT2D eigenvalue weighted by Crippen LogP contribution is 2.19. The van der Waals surface area contributed by atoms with E-state index < -0.39 is 0 Å². The molecule has 3 nitrogen and oxygen atoms in total. The van der Waals surface area contributed by atoms with Gasteiger partial charge >= 0.3 is 0 Å². The van der Waals surface area contributed by atoms with Gasteiger partial charge in [-0.15, -0.1) is 0 Å². The van der Waals surface area contributed by atoms with Gasteiger partial charge in [0.1, 0.15) is 0 Å². The predicted molar refractivity (Wildman–Crippen MR) is 57.8 cm³/mol. The van der Waals surface area contributed by atoms with Gasteiger partial charge in [0.05, 0.1) is 5.69 Å². The number of rotatable bonds is 2. The lowest BCUT2D eigenvalue weighted by Crippen LogP contribution is -2.09. The normalized spacial score (nSPS) is 23.0. The van der Waals surface area contributed by atoms with Crippen LogP contribution < -0.4 is 5.32 Å². The molecule has 2 heterocycles. The van der Waals surface area contributed by atoms with E-state index in [0.29, 0.717) is 5.92 Å². The van der Waals surface area contributed by atoms with E-state index in [4.69, 9.17) is 0 Å². The molecule has 1 fully saturated rings. The molecule has 76 valence electrons. The van der Waals surface area contributed by atoms with Crippen molar-refractivity contribution in [2.24, 2.45) is 13.0 Å². The summed E-state index contributed by atoms with van der Waals surface area (Å²) in [7, 11) is 1.95. The van der Waals surface area contributed by atoms with Crippen molar-refractivity contribution in [3.05, 3.63) is 23.5 Å². The van der Waals surface area contributed by atoms with Crippen LogP contribution >= 0.6 is 0 Å². The van der Waals surface area contributed by atoms with Crippen LogP contribution in [0.2, 0.25) is 0 Å². The lowest BCUT2D eigenvalue weighted by Gasteiger charge is -2.07. The van der Waals surface area contributed by atoms with Crippen LogP contribution in [0.15, 0.2) is 17.8 Å². The lowest BCUT2D eigenvalue weighted by molar-refractivity contribution is 0.685. The van der Waals surface area contributed by atoms with Gasteiger partial charge in [-0.1, -0.05) is 5.57 Å². The number of hydrogen-bond donors (Lipinski definition) is 1. The first-order chi connectivity index (χ1) is 6.75. The molecule has 3 heteroatoms. The van der Waals surface area contributed by atoms with Crippen LogP contribution in [0, 0.1) is 5.92 Å². The van der Waals surface area contributed by atoms with E-state index in [-0.39, 0.29) is 0 Å². The van der Waals surface area contributed by atoms with Crippen molar-refractivity contribution in [3.63, 3.8) is 0 Å². The number of aromatic nitrogens is 2. The smallest absolute Gasteiger partial charge is 0.0850 e. The molecule has 0 bridgehead atoms. The molecule has 2 rings (SSSR count). The summed E-state index contributed by atoms with van der Waals surface area (Å²) in [5, 5.41) is 7.72. The van der Waals surface area contributed by atoms with Crippen molar-refractivity contribution >= 4 is 6.08 Å². The maximum Gasteiger partial charge on any atom is 0.0850 e. The maximum absolute atomic E-state index is 4.34. The molecule has 1 aromatic heterocycles. The maximum atomic E-state index is 4.34. The highest BCUT2D eigenvalue weighted by atomic mass is 15.2. The zero-order chi connectivity index (χ0) is 9.97. The van der Waals surface area contributed by atoms with Gasteiger partial charge in [-0.05, 0) is 37.9 Å². The number of hydrogen-bond acceptors (Lipinski definition) is 2. The Morgan fingerprint density at radius 1 is 1.71 bits per heavy atom. The summed E-state index contributed by atoms with van der Waals surface area (Å²) >= 11 is 0. The highest BCUT2D eigenvalue weighted by molar-refractivity contribution is 5.48. The van der Waals surface area contributed by atoms with Crippen LogP contribution in [0.1, 0.15) is 19.0 Å². The van der Waals surface area contributed by atoms with E-state index in [2.05, 4.69) is 23.4 Å². The topological polar surface area (TPSA) is 29.9 Å². The summed E-state index contributed by atoms with van der Waals surface area (Å²) < 4.78 is 1.84. The Balaban J connectivity index is 2.09. The standard InChI is InChI=1S/C11H17N3/c1-9(10-3-5-12-8-10)7-11-4-6-14(2)13-11/h4,6-7,10,12H,3,5,8H2,1-2H3/b9-7-. The zero-order valence-electron chi connectivity index (χ0n) is 8.83. The van der Waals surface area contributed by atoms with Gasteiger partial charge in [0, 0.05) is 19.8 Å². The lowest BCUT2D eigenvalue weighted by atomic mass is 9.99. The molecule has 1 atom stereocenters. The molecule has 0 aromatic carbocycles. The van der Waals surface area contributed by atoms with E-state index in [9.17, 15) is 0 Å². The minimum Gasteiger partial charge on any atom is -0.316 e. The minimum atomic E-state index is 0.706. The Hall–Kier alpha value is -1.09. The van der Waals surface area contributed by atoms with E-state index >= 15 is 0 Å². The van der Waals surface area contributed by atoms with E-state index in [1.54, 1.807) is 0 Å². The fourth-order valence-electron chi connectivity index (χ4n) is 1.90. The predicted octanol–water partition coefficient (Wildman–Crippen LogP) is 1.43. The average molecular weight is 191 g/mol. The van der Waals surface area contributed by atoms with Crippen LogP contribution in [0.3, 0.4) is 0 Å². The molecule has 0 amide bonds. The first-order valence-corrected chi connectivity index (χ1v) is 5.14. The SMILES string of the molecule is C/C(=C/c1ccn(C)n1)C1CCNC1. The highest BCUT2D eigenvalue weighted by Gasteiger charge is 2.15. The fraction of sp³-hybridized carbons (Fsp3) is 0.545. The third-order valence-electron chi connectivity index (χ3n) is 2.81. The minimum absolute atomic E-state index is 0.706. The van der Waals surface area contributed by atoms with Gasteiger partial charge in [0.15, 0.2) is 0 Å². The third-order valence-corrected chi connectivity index (χ3v) is 2.81. The first kappa shape index (κ1) is 9.46. The average Bonchev–Trinajstić information content (AvgIpc) is 2.75. The van der Waals surface area contributed by atoms with Gasteiger partial charge < -0.3 is 5.32 Å². The van der Waals surface area contributed by atoms with Gasteiger partial charge in [0.25, 0.3) is 0 Å². The van der Waals surface area contributed by atoms with Crippen LogP contribution in [0.25, 0.3) is 6.08 Å². The Kier molecular flexibility index (Phi) is 2.68. The van der Waals surface area contributed by atoms with Crippen LogP contribution in [0.5, 0.6) is 0 Å². The summed E-state index contributed by atoms with van der Waals surface area (Å²) in [5.74, 6) is 0.706. The second kappa shape index (κ2) is 3.96. The Morgan fingerprint density at radius 3 is 3.14 bits per heavy atom. The quantitative estimate of drug-likeness (QED) is 0.766. The van der Waals surface area contributed by atoms with Crippen molar-refractivity contribution in [1.29, 1.82) is 0 Å². The molecule has 1 aliphatic heterocycles. The monoisotopic (exact) mass is 191 g/mol. The number of nitrogens with one attached hydrogen (secondary N) is 1. The summed E-state index contributed by atoms with van der Waals surface area (Å²) in [6.45, 7) is 4.47. The number of nitrogens with zero attached hydrogens (tertiary/aromatic N) is 2. The third kappa shape index (κ3) is 2.04. The molecule has 0 spiro atoms. The molecule has 1 unspecified atom stereocenters. The van der Waals surface area contributed by atoms with Crippen molar-refractivity contribution in [1.82, 2.24) is 15.1 Å². The van der Waals surface area contributed by atoms with Crippen LogP contribution in [-0.2, 0) is 7.05 Å².